The van der Waals surface area contributed by atoms with Gasteiger partial charge in [-0.1, -0.05) is 6.92 Å². The number of aromatic nitrogens is 2. The second-order valence-corrected chi connectivity index (χ2v) is 6.21. The number of benzene rings is 1. The van der Waals surface area contributed by atoms with E-state index in [2.05, 4.69) is 15.3 Å². The van der Waals surface area contributed by atoms with E-state index >= 15 is 0 Å². The van der Waals surface area contributed by atoms with E-state index in [9.17, 15) is 9.18 Å². The van der Waals surface area contributed by atoms with E-state index < -0.39 is 0 Å². The topological polar surface area (TPSA) is 81.9 Å². The van der Waals surface area contributed by atoms with Crippen LogP contribution in [0.1, 0.15) is 38.1 Å². The number of anilines is 2. The van der Waals surface area contributed by atoms with Crippen LogP contribution in [0.15, 0.2) is 30.6 Å². The summed E-state index contributed by atoms with van der Waals surface area (Å²) in [6, 6.07) is 6.05. The first-order valence-electron chi connectivity index (χ1n) is 8.00. The fourth-order valence-corrected chi connectivity index (χ4v) is 3.30. The molecule has 1 aromatic carbocycles. The largest absolute Gasteiger partial charge is 0.362 e. The number of hydrogen-bond acceptors (Lipinski definition) is 5. The van der Waals surface area contributed by atoms with E-state index in [0.717, 1.165) is 0 Å². The predicted molar refractivity (Wildman–Crippen MR) is 91.3 cm³/mol. The molecule has 1 N–H and O–H groups in total. The maximum Gasteiger partial charge on any atom is 0.224 e. The third kappa shape index (κ3) is 3.03. The lowest BCUT2D eigenvalue weighted by Gasteiger charge is -2.43. The van der Waals surface area contributed by atoms with Crippen LogP contribution in [0.2, 0.25) is 0 Å². The summed E-state index contributed by atoms with van der Waals surface area (Å²) < 4.78 is 13.9. The Balaban J connectivity index is 2.03. The summed E-state index contributed by atoms with van der Waals surface area (Å²) in [6.07, 6.45) is 2.86. The van der Waals surface area contributed by atoms with Gasteiger partial charge in [0.15, 0.2) is 5.69 Å². The normalized spacial score (nSPS) is 22.0. The first-order chi connectivity index (χ1) is 11.9. The number of fused-ring (bicyclic) bond motifs is 1. The first kappa shape index (κ1) is 16.8. The number of rotatable bonds is 2. The Morgan fingerprint density at radius 2 is 2.08 bits per heavy atom. The second kappa shape index (κ2) is 6.48. The molecule has 0 saturated carbocycles. The summed E-state index contributed by atoms with van der Waals surface area (Å²) in [5.74, 6) is 0.0655. The number of halogens is 1. The van der Waals surface area contributed by atoms with Gasteiger partial charge in [-0.2, -0.15) is 5.26 Å². The Kier molecular flexibility index (Phi) is 4.36. The molecule has 0 aliphatic carbocycles. The number of carbonyl (C=O) groups is 1. The van der Waals surface area contributed by atoms with Crippen LogP contribution in [-0.4, -0.2) is 21.9 Å². The van der Waals surface area contributed by atoms with Crippen LogP contribution in [0, 0.1) is 23.1 Å². The first-order valence-corrected chi connectivity index (χ1v) is 8.00. The van der Waals surface area contributed by atoms with Crippen molar-refractivity contribution in [3.05, 3.63) is 47.7 Å². The fraction of sp³-hybridized carbons (Fsp3) is 0.333. The number of hydrogen-bond donors (Lipinski definition) is 1. The zero-order chi connectivity index (χ0) is 18.1. The highest BCUT2D eigenvalue weighted by Gasteiger charge is 2.38. The van der Waals surface area contributed by atoms with Crippen LogP contribution < -0.4 is 10.2 Å². The highest BCUT2D eigenvalue weighted by Crippen LogP contribution is 2.42. The maximum atomic E-state index is 13.9. The molecule has 3 rings (SSSR count). The van der Waals surface area contributed by atoms with Crippen LogP contribution in [0.3, 0.4) is 0 Å². The van der Waals surface area contributed by atoms with Crippen molar-refractivity contribution < 1.29 is 9.18 Å². The second-order valence-electron chi connectivity index (χ2n) is 6.21. The van der Waals surface area contributed by atoms with Crippen molar-refractivity contribution in [1.29, 1.82) is 5.26 Å². The van der Waals surface area contributed by atoms with Gasteiger partial charge in [0, 0.05) is 30.1 Å². The lowest BCUT2D eigenvalue weighted by atomic mass is 9.82. The Morgan fingerprint density at radius 1 is 1.32 bits per heavy atom. The Bertz CT molecular complexity index is 846. The third-order valence-corrected chi connectivity index (χ3v) is 4.69. The summed E-state index contributed by atoms with van der Waals surface area (Å²) in [4.78, 5) is 22.0. The fourth-order valence-electron chi connectivity index (χ4n) is 3.30. The van der Waals surface area contributed by atoms with Crippen LogP contribution in [0.25, 0.3) is 0 Å². The Labute approximate surface area is 145 Å². The van der Waals surface area contributed by atoms with Crippen LogP contribution in [0.4, 0.5) is 15.9 Å². The number of carbonyl (C=O) groups excluding carboxylic acids is 1. The number of nitriles is 1. The monoisotopic (exact) mass is 339 g/mol. The van der Waals surface area contributed by atoms with Crippen molar-refractivity contribution in [2.24, 2.45) is 5.92 Å². The van der Waals surface area contributed by atoms with Crippen molar-refractivity contribution in [3.63, 3.8) is 0 Å². The van der Waals surface area contributed by atoms with Crippen LogP contribution >= 0.6 is 0 Å². The zero-order valence-electron chi connectivity index (χ0n) is 14.2. The van der Waals surface area contributed by atoms with Crippen molar-refractivity contribution in [2.75, 3.05) is 10.2 Å². The molecule has 2 heterocycles. The van der Waals surface area contributed by atoms with Gasteiger partial charge in [0.2, 0.25) is 5.91 Å². The van der Waals surface area contributed by atoms with Gasteiger partial charge in [0.05, 0.1) is 18.4 Å². The molecule has 0 radical (unpaired) electrons. The number of amides is 1. The summed E-state index contributed by atoms with van der Waals surface area (Å²) in [5.41, 5.74) is 1.62. The SMILES string of the molecule is CC(=O)N1c2ccc(F)cc2C(Nc2cnc(C#N)cn2)C(C)C1C. The van der Waals surface area contributed by atoms with Gasteiger partial charge in [-0.25, -0.2) is 14.4 Å². The molecule has 0 bridgehead atoms. The van der Waals surface area contributed by atoms with E-state index in [1.165, 1.54) is 31.5 Å². The summed E-state index contributed by atoms with van der Waals surface area (Å²) >= 11 is 0. The minimum absolute atomic E-state index is 0.00985. The molecule has 1 aromatic heterocycles. The number of nitrogens with zero attached hydrogens (tertiary/aromatic N) is 4. The molecule has 2 aromatic rings. The van der Waals surface area contributed by atoms with Crippen molar-refractivity contribution >= 4 is 17.4 Å². The van der Waals surface area contributed by atoms with Gasteiger partial charge >= 0.3 is 0 Å². The number of nitrogens with one attached hydrogen (secondary N) is 1. The van der Waals surface area contributed by atoms with E-state index in [-0.39, 0.29) is 35.4 Å². The molecule has 1 aliphatic rings. The van der Waals surface area contributed by atoms with E-state index in [1.807, 2.05) is 19.9 Å². The highest BCUT2D eigenvalue weighted by molar-refractivity contribution is 5.93. The third-order valence-electron chi connectivity index (χ3n) is 4.69. The molecule has 0 spiro atoms. The van der Waals surface area contributed by atoms with Crippen molar-refractivity contribution in [1.82, 2.24) is 9.97 Å². The van der Waals surface area contributed by atoms with Crippen LogP contribution in [-0.2, 0) is 4.79 Å². The molecule has 0 fully saturated rings. The average Bonchev–Trinajstić information content (AvgIpc) is 2.60. The zero-order valence-corrected chi connectivity index (χ0v) is 14.2. The lowest BCUT2D eigenvalue weighted by molar-refractivity contribution is -0.117. The molecule has 6 nitrogen and oxygen atoms in total. The lowest BCUT2D eigenvalue weighted by Crippen LogP contribution is -2.48. The highest BCUT2D eigenvalue weighted by atomic mass is 19.1. The van der Waals surface area contributed by atoms with Crippen molar-refractivity contribution in [3.8, 4) is 6.07 Å². The molecule has 25 heavy (non-hydrogen) atoms. The molecule has 0 saturated heterocycles. The van der Waals surface area contributed by atoms with Gasteiger partial charge in [0.25, 0.3) is 0 Å². The summed E-state index contributed by atoms with van der Waals surface area (Å²) in [6.45, 7) is 5.48. The van der Waals surface area contributed by atoms with E-state index in [1.54, 1.807) is 11.0 Å². The predicted octanol–water partition coefficient (Wildman–Crippen LogP) is 3.03. The van der Waals surface area contributed by atoms with E-state index in [4.69, 9.17) is 5.26 Å². The van der Waals surface area contributed by atoms with Gasteiger partial charge in [-0.05, 0) is 25.1 Å². The molecular formula is C18H18FN5O. The molecule has 1 amide bonds. The maximum absolute atomic E-state index is 13.9. The molecule has 1 aliphatic heterocycles. The average molecular weight is 339 g/mol. The molecule has 3 atom stereocenters. The van der Waals surface area contributed by atoms with Gasteiger partial charge in [-0.15, -0.1) is 0 Å². The summed E-state index contributed by atoms with van der Waals surface area (Å²) in [7, 11) is 0. The molecular weight excluding hydrogens is 321 g/mol. The molecule has 7 heteroatoms. The smallest absolute Gasteiger partial charge is 0.224 e. The minimum atomic E-state index is -0.360. The van der Waals surface area contributed by atoms with Crippen LogP contribution in [0.5, 0.6) is 0 Å². The van der Waals surface area contributed by atoms with Gasteiger partial charge in [0.1, 0.15) is 17.7 Å². The van der Waals surface area contributed by atoms with E-state index in [0.29, 0.717) is 17.1 Å². The van der Waals surface area contributed by atoms with Gasteiger partial charge < -0.3 is 10.2 Å². The molecule has 128 valence electrons. The Hall–Kier alpha value is -3.01. The quantitative estimate of drug-likeness (QED) is 0.909. The van der Waals surface area contributed by atoms with Gasteiger partial charge in [-0.3, -0.25) is 4.79 Å². The Morgan fingerprint density at radius 3 is 2.68 bits per heavy atom. The van der Waals surface area contributed by atoms with Crippen molar-refractivity contribution in [2.45, 2.75) is 32.9 Å². The summed E-state index contributed by atoms with van der Waals surface area (Å²) in [5, 5.41) is 12.1. The standard InChI is InChI=1S/C18H18FN5O/c1-10-11(2)24(12(3)25)16-5-4-13(19)6-15(16)18(10)23-17-9-21-14(7-20)8-22-17/h4-6,8-11,18H,1-3H3,(H,22,23). The molecule has 3 unspecified atom stereocenters. The minimum Gasteiger partial charge on any atom is -0.362 e.